The van der Waals surface area contributed by atoms with Crippen LogP contribution in [0.1, 0.15) is 10.6 Å². The standard InChI is InChI=1S/C19H20N4O4/c1-25-16-10-13-14(11-17(16)26-2)20-12-21-18(13)22-5-7-23(8-6-22)19(24)15-4-3-9-27-15/h3-4,9-12H,5-8H2,1-2H3. The predicted molar refractivity (Wildman–Crippen MR) is 99.5 cm³/mol. The molecule has 1 aliphatic heterocycles. The van der Waals surface area contributed by atoms with Crippen molar-refractivity contribution in [2.45, 2.75) is 0 Å². The molecule has 1 aliphatic rings. The van der Waals surface area contributed by atoms with Gasteiger partial charge in [-0.05, 0) is 18.2 Å². The lowest BCUT2D eigenvalue weighted by Crippen LogP contribution is -2.49. The first-order valence-corrected chi connectivity index (χ1v) is 8.65. The zero-order valence-electron chi connectivity index (χ0n) is 15.2. The first kappa shape index (κ1) is 17.1. The van der Waals surface area contributed by atoms with E-state index in [0.717, 1.165) is 16.7 Å². The molecule has 2 aromatic heterocycles. The van der Waals surface area contributed by atoms with Gasteiger partial charge in [-0.1, -0.05) is 0 Å². The van der Waals surface area contributed by atoms with Gasteiger partial charge in [0, 0.05) is 37.6 Å². The zero-order valence-corrected chi connectivity index (χ0v) is 15.2. The number of hydrogen-bond acceptors (Lipinski definition) is 7. The summed E-state index contributed by atoms with van der Waals surface area (Å²) in [6.45, 7) is 2.54. The molecule has 1 aromatic carbocycles. The van der Waals surface area contributed by atoms with Crippen molar-refractivity contribution >= 4 is 22.6 Å². The van der Waals surface area contributed by atoms with Gasteiger partial charge in [0.15, 0.2) is 17.3 Å². The van der Waals surface area contributed by atoms with E-state index in [1.54, 1.807) is 37.6 Å². The van der Waals surface area contributed by atoms with Crippen molar-refractivity contribution in [2.24, 2.45) is 0 Å². The van der Waals surface area contributed by atoms with Gasteiger partial charge in [0.2, 0.25) is 0 Å². The third-order valence-electron chi connectivity index (χ3n) is 4.72. The molecule has 0 unspecified atom stereocenters. The number of aromatic nitrogens is 2. The monoisotopic (exact) mass is 368 g/mol. The van der Waals surface area contributed by atoms with Gasteiger partial charge in [0.05, 0.1) is 26.0 Å². The number of furan rings is 1. The van der Waals surface area contributed by atoms with E-state index in [1.807, 2.05) is 12.1 Å². The predicted octanol–water partition coefficient (Wildman–Crippen LogP) is 2.20. The van der Waals surface area contributed by atoms with E-state index in [-0.39, 0.29) is 5.91 Å². The molecule has 8 nitrogen and oxygen atoms in total. The van der Waals surface area contributed by atoms with Crippen LogP contribution in [0.2, 0.25) is 0 Å². The van der Waals surface area contributed by atoms with Crippen molar-refractivity contribution < 1.29 is 18.7 Å². The summed E-state index contributed by atoms with van der Waals surface area (Å²) in [5, 5.41) is 0.890. The third kappa shape index (κ3) is 3.14. The lowest BCUT2D eigenvalue weighted by Gasteiger charge is -2.35. The SMILES string of the molecule is COc1cc2ncnc(N3CCN(C(=O)c4ccco4)CC3)c2cc1OC. The number of methoxy groups -OCH3 is 2. The van der Waals surface area contributed by atoms with Crippen molar-refractivity contribution in [3.8, 4) is 11.5 Å². The van der Waals surface area contributed by atoms with Gasteiger partial charge in [0.25, 0.3) is 5.91 Å². The first-order valence-electron chi connectivity index (χ1n) is 8.65. The molecule has 0 atom stereocenters. The molecule has 3 aromatic rings. The number of carbonyl (C=O) groups excluding carboxylic acids is 1. The van der Waals surface area contributed by atoms with Gasteiger partial charge in [0.1, 0.15) is 12.1 Å². The van der Waals surface area contributed by atoms with Crippen LogP contribution in [0.4, 0.5) is 5.82 Å². The molecule has 0 spiro atoms. The molecule has 0 bridgehead atoms. The van der Waals surface area contributed by atoms with Gasteiger partial charge >= 0.3 is 0 Å². The molecule has 140 valence electrons. The Balaban J connectivity index is 1.58. The Morgan fingerprint density at radius 2 is 1.81 bits per heavy atom. The summed E-state index contributed by atoms with van der Waals surface area (Å²) in [6, 6.07) is 7.14. The summed E-state index contributed by atoms with van der Waals surface area (Å²) < 4.78 is 16.0. The minimum absolute atomic E-state index is 0.0846. The van der Waals surface area contributed by atoms with Crippen molar-refractivity contribution in [1.82, 2.24) is 14.9 Å². The highest BCUT2D eigenvalue weighted by molar-refractivity contribution is 5.93. The second-order valence-electron chi connectivity index (χ2n) is 6.18. The minimum Gasteiger partial charge on any atom is -0.493 e. The largest absolute Gasteiger partial charge is 0.493 e. The Morgan fingerprint density at radius 1 is 1.07 bits per heavy atom. The molecule has 8 heteroatoms. The highest BCUT2D eigenvalue weighted by atomic mass is 16.5. The molecule has 1 saturated heterocycles. The normalized spacial score (nSPS) is 14.4. The van der Waals surface area contributed by atoms with Gasteiger partial charge in [-0.25, -0.2) is 9.97 Å². The number of carbonyl (C=O) groups is 1. The highest BCUT2D eigenvalue weighted by Gasteiger charge is 2.25. The summed E-state index contributed by atoms with van der Waals surface area (Å²) in [4.78, 5) is 25.2. The number of ether oxygens (including phenoxy) is 2. The number of nitrogens with zero attached hydrogens (tertiary/aromatic N) is 4. The molecule has 0 aliphatic carbocycles. The van der Waals surface area contributed by atoms with Crippen LogP contribution in [0, 0.1) is 0 Å². The van der Waals surface area contributed by atoms with Crippen molar-refractivity contribution in [2.75, 3.05) is 45.3 Å². The number of piperazine rings is 1. The maximum atomic E-state index is 12.4. The fourth-order valence-electron chi connectivity index (χ4n) is 3.30. The quantitative estimate of drug-likeness (QED) is 0.698. The van der Waals surface area contributed by atoms with E-state index in [2.05, 4.69) is 14.9 Å². The van der Waals surface area contributed by atoms with Gasteiger partial charge in [-0.2, -0.15) is 0 Å². The lowest BCUT2D eigenvalue weighted by molar-refractivity contribution is 0.0714. The zero-order chi connectivity index (χ0) is 18.8. The molecule has 0 N–H and O–H groups in total. The van der Waals surface area contributed by atoms with Crippen LogP contribution >= 0.6 is 0 Å². The Morgan fingerprint density at radius 3 is 2.48 bits per heavy atom. The molecule has 27 heavy (non-hydrogen) atoms. The Kier molecular flexibility index (Phi) is 4.53. The molecular weight excluding hydrogens is 348 g/mol. The van der Waals surface area contributed by atoms with E-state index < -0.39 is 0 Å². The highest BCUT2D eigenvalue weighted by Crippen LogP contribution is 2.34. The summed E-state index contributed by atoms with van der Waals surface area (Å²) in [5.41, 5.74) is 0.784. The van der Waals surface area contributed by atoms with Crippen LogP contribution in [0.5, 0.6) is 11.5 Å². The Labute approximate surface area is 156 Å². The molecule has 3 heterocycles. The topological polar surface area (TPSA) is 80.9 Å². The second-order valence-corrected chi connectivity index (χ2v) is 6.18. The molecule has 1 fully saturated rings. The van der Waals surface area contributed by atoms with Crippen LogP contribution in [0.3, 0.4) is 0 Å². The number of fused-ring (bicyclic) bond motifs is 1. The Hall–Kier alpha value is -3.29. The van der Waals surface area contributed by atoms with Gasteiger partial charge in [-0.3, -0.25) is 4.79 Å². The van der Waals surface area contributed by atoms with Crippen LogP contribution in [-0.2, 0) is 0 Å². The van der Waals surface area contributed by atoms with Crippen LogP contribution < -0.4 is 14.4 Å². The number of anilines is 1. The molecule has 1 amide bonds. The molecule has 4 rings (SSSR count). The summed E-state index contributed by atoms with van der Waals surface area (Å²) in [7, 11) is 3.20. The summed E-state index contributed by atoms with van der Waals surface area (Å²) in [6.07, 6.45) is 3.06. The molecule has 0 saturated carbocycles. The second kappa shape index (κ2) is 7.14. The van der Waals surface area contributed by atoms with E-state index in [4.69, 9.17) is 13.9 Å². The number of rotatable bonds is 4. The third-order valence-corrected chi connectivity index (χ3v) is 4.72. The Bertz CT molecular complexity index is 950. The van der Waals surface area contributed by atoms with E-state index in [0.29, 0.717) is 43.4 Å². The van der Waals surface area contributed by atoms with Crippen LogP contribution in [-0.4, -0.2) is 61.2 Å². The van der Waals surface area contributed by atoms with Crippen molar-refractivity contribution in [3.63, 3.8) is 0 Å². The average molecular weight is 368 g/mol. The average Bonchev–Trinajstić information content (AvgIpc) is 3.26. The van der Waals surface area contributed by atoms with Gasteiger partial charge < -0.3 is 23.7 Å². The maximum Gasteiger partial charge on any atom is 0.289 e. The van der Waals surface area contributed by atoms with Crippen molar-refractivity contribution in [1.29, 1.82) is 0 Å². The number of benzene rings is 1. The fraction of sp³-hybridized carbons (Fsp3) is 0.316. The summed E-state index contributed by atoms with van der Waals surface area (Å²) >= 11 is 0. The van der Waals surface area contributed by atoms with Crippen LogP contribution in [0.25, 0.3) is 10.9 Å². The van der Waals surface area contributed by atoms with E-state index in [1.165, 1.54) is 6.26 Å². The molecular formula is C19H20N4O4. The maximum absolute atomic E-state index is 12.4. The van der Waals surface area contributed by atoms with E-state index >= 15 is 0 Å². The smallest absolute Gasteiger partial charge is 0.289 e. The molecule has 0 radical (unpaired) electrons. The summed E-state index contributed by atoms with van der Waals surface area (Å²) in [5.74, 6) is 2.37. The number of amides is 1. The van der Waals surface area contributed by atoms with Crippen molar-refractivity contribution in [3.05, 3.63) is 42.6 Å². The number of hydrogen-bond donors (Lipinski definition) is 0. The van der Waals surface area contributed by atoms with Crippen LogP contribution in [0.15, 0.2) is 41.3 Å². The minimum atomic E-state index is -0.0846. The lowest BCUT2D eigenvalue weighted by atomic mass is 10.2. The first-order chi connectivity index (χ1) is 13.2. The van der Waals surface area contributed by atoms with E-state index in [9.17, 15) is 4.79 Å². The fourth-order valence-corrected chi connectivity index (χ4v) is 3.30. The van der Waals surface area contributed by atoms with Gasteiger partial charge in [-0.15, -0.1) is 0 Å².